The van der Waals surface area contributed by atoms with Crippen LogP contribution in [-0.2, 0) is 0 Å². The SMILES string of the molecule is C[C@H]1CC[C@@](C)(CNc2ccccc2)C1(C)C. The van der Waals surface area contributed by atoms with Crippen LogP contribution in [0.4, 0.5) is 5.69 Å². The summed E-state index contributed by atoms with van der Waals surface area (Å²) in [6.07, 6.45) is 2.70. The van der Waals surface area contributed by atoms with Gasteiger partial charge in [0.15, 0.2) is 0 Å². The topological polar surface area (TPSA) is 12.0 Å². The van der Waals surface area contributed by atoms with Gasteiger partial charge in [0, 0.05) is 12.2 Å². The fraction of sp³-hybridized carbons (Fsp3) is 0.625. The second-order valence-corrected chi connectivity index (χ2v) is 6.44. The van der Waals surface area contributed by atoms with E-state index in [1.54, 1.807) is 0 Å². The summed E-state index contributed by atoms with van der Waals surface area (Å²) in [4.78, 5) is 0. The van der Waals surface area contributed by atoms with E-state index in [0.29, 0.717) is 10.8 Å². The fourth-order valence-electron chi connectivity index (χ4n) is 2.98. The van der Waals surface area contributed by atoms with Crippen LogP contribution in [0.1, 0.15) is 40.5 Å². The van der Waals surface area contributed by atoms with Gasteiger partial charge in [-0.05, 0) is 41.7 Å². The Kier molecular flexibility index (Phi) is 3.20. The molecule has 0 unspecified atom stereocenters. The van der Waals surface area contributed by atoms with Gasteiger partial charge in [0.25, 0.3) is 0 Å². The van der Waals surface area contributed by atoms with Gasteiger partial charge in [-0.25, -0.2) is 0 Å². The third-order valence-electron chi connectivity index (χ3n) is 5.37. The van der Waals surface area contributed by atoms with Crippen molar-refractivity contribution in [2.75, 3.05) is 11.9 Å². The van der Waals surface area contributed by atoms with E-state index in [4.69, 9.17) is 0 Å². The van der Waals surface area contributed by atoms with Crippen molar-refractivity contribution in [3.8, 4) is 0 Å². The Morgan fingerprint density at radius 3 is 2.35 bits per heavy atom. The van der Waals surface area contributed by atoms with Crippen LogP contribution < -0.4 is 5.32 Å². The standard InChI is InChI=1S/C16H25N/c1-13-10-11-16(4,15(13,2)3)12-17-14-8-6-5-7-9-14/h5-9,13,17H,10-12H2,1-4H3/t13-,16-/m0/s1. The maximum atomic E-state index is 3.60. The van der Waals surface area contributed by atoms with Crippen LogP contribution in [0.5, 0.6) is 0 Å². The van der Waals surface area contributed by atoms with E-state index in [0.717, 1.165) is 12.5 Å². The summed E-state index contributed by atoms with van der Waals surface area (Å²) in [6.45, 7) is 10.8. The van der Waals surface area contributed by atoms with Crippen molar-refractivity contribution in [3.63, 3.8) is 0 Å². The average Bonchev–Trinajstić information content (AvgIpc) is 2.53. The molecule has 0 saturated heterocycles. The zero-order chi connectivity index (χ0) is 12.5. The first-order chi connectivity index (χ1) is 7.96. The van der Waals surface area contributed by atoms with Crippen molar-refractivity contribution >= 4 is 5.69 Å². The Bertz CT molecular complexity index is 368. The largest absolute Gasteiger partial charge is 0.384 e. The van der Waals surface area contributed by atoms with Gasteiger partial charge in [0.05, 0.1) is 0 Å². The number of hydrogen-bond acceptors (Lipinski definition) is 1. The molecule has 0 aromatic heterocycles. The summed E-state index contributed by atoms with van der Waals surface area (Å²) in [5.74, 6) is 0.824. The van der Waals surface area contributed by atoms with Crippen molar-refractivity contribution in [2.45, 2.75) is 40.5 Å². The maximum absolute atomic E-state index is 3.60. The van der Waals surface area contributed by atoms with E-state index in [-0.39, 0.29) is 0 Å². The fourth-order valence-corrected chi connectivity index (χ4v) is 2.98. The van der Waals surface area contributed by atoms with Gasteiger partial charge in [-0.15, -0.1) is 0 Å². The first-order valence-electron chi connectivity index (χ1n) is 6.75. The Morgan fingerprint density at radius 1 is 1.18 bits per heavy atom. The van der Waals surface area contributed by atoms with Gasteiger partial charge in [-0.1, -0.05) is 45.9 Å². The molecule has 17 heavy (non-hydrogen) atoms. The summed E-state index contributed by atoms with van der Waals surface area (Å²) in [5, 5.41) is 3.60. The van der Waals surface area contributed by atoms with E-state index >= 15 is 0 Å². The highest BCUT2D eigenvalue weighted by atomic mass is 14.9. The number of anilines is 1. The normalized spacial score (nSPS) is 31.4. The number of hydrogen-bond donors (Lipinski definition) is 1. The molecule has 1 aliphatic carbocycles. The molecule has 2 atom stereocenters. The van der Waals surface area contributed by atoms with E-state index in [1.807, 2.05) is 0 Å². The van der Waals surface area contributed by atoms with Crippen molar-refractivity contribution in [2.24, 2.45) is 16.7 Å². The Balaban J connectivity index is 2.04. The zero-order valence-corrected chi connectivity index (χ0v) is 11.6. The molecule has 0 radical (unpaired) electrons. The summed E-state index contributed by atoms with van der Waals surface area (Å²) < 4.78 is 0. The quantitative estimate of drug-likeness (QED) is 0.804. The van der Waals surface area contributed by atoms with Crippen LogP contribution >= 0.6 is 0 Å². The Labute approximate surface area is 106 Å². The van der Waals surface area contributed by atoms with Crippen molar-refractivity contribution in [1.82, 2.24) is 0 Å². The van der Waals surface area contributed by atoms with Crippen LogP contribution in [0, 0.1) is 16.7 Å². The first-order valence-corrected chi connectivity index (χ1v) is 6.75. The molecule has 2 rings (SSSR count). The van der Waals surface area contributed by atoms with Crippen LogP contribution in [0.2, 0.25) is 0 Å². The monoisotopic (exact) mass is 231 g/mol. The highest BCUT2D eigenvalue weighted by Crippen LogP contribution is 2.55. The van der Waals surface area contributed by atoms with E-state index in [1.165, 1.54) is 18.5 Å². The Hall–Kier alpha value is -0.980. The summed E-state index contributed by atoms with van der Waals surface area (Å²) >= 11 is 0. The van der Waals surface area contributed by atoms with E-state index in [2.05, 4.69) is 63.3 Å². The van der Waals surface area contributed by atoms with Gasteiger partial charge in [-0.2, -0.15) is 0 Å². The lowest BCUT2D eigenvalue weighted by Gasteiger charge is -2.41. The summed E-state index contributed by atoms with van der Waals surface area (Å²) in [6, 6.07) is 10.5. The number of rotatable bonds is 3. The van der Waals surface area contributed by atoms with E-state index in [9.17, 15) is 0 Å². The van der Waals surface area contributed by atoms with Crippen molar-refractivity contribution in [1.29, 1.82) is 0 Å². The smallest absolute Gasteiger partial charge is 0.0340 e. The van der Waals surface area contributed by atoms with Gasteiger partial charge in [-0.3, -0.25) is 0 Å². The molecule has 0 spiro atoms. The zero-order valence-electron chi connectivity index (χ0n) is 11.6. The van der Waals surface area contributed by atoms with Crippen LogP contribution in [0.15, 0.2) is 30.3 Å². The second-order valence-electron chi connectivity index (χ2n) is 6.44. The highest BCUT2D eigenvalue weighted by molar-refractivity contribution is 5.42. The number of benzene rings is 1. The molecule has 1 N–H and O–H groups in total. The van der Waals surface area contributed by atoms with Crippen LogP contribution in [0.3, 0.4) is 0 Å². The second kappa shape index (κ2) is 4.36. The third kappa shape index (κ3) is 2.20. The van der Waals surface area contributed by atoms with Gasteiger partial charge < -0.3 is 5.32 Å². The molecule has 0 heterocycles. The minimum atomic E-state index is 0.405. The molecule has 0 aliphatic heterocycles. The lowest BCUT2D eigenvalue weighted by Crippen LogP contribution is -2.38. The lowest BCUT2D eigenvalue weighted by molar-refractivity contribution is 0.109. The first kappa shape index (κ1) is 12.5. The molecule has 1 fully saturated rings. The Morgan fingerprint density at radius 2 is 1.82 bits per heavy atom. The molecule has 1 heteroatoms. The molecule has 0 amide bonds. The van der Waals surface area contributed by atoms with E-state index < -0.39 is 0 Å². The molecule has 1 aromatic carbocycles. The van der Waals surface area contributed by atoms with Gasteiger partial charge >= 0.3 is 0 Å². The predicted molar refractivity (Wildman–Crippen MR) is 75.2 cm³/mol. The molecular weight excluding hydrogens is 206 g/mol. The van der Waals surface area contributed by atoms with Crippen LogP contribution in [-0.4, -0.2) is 6.54 Å². The molecule has 0 bridgehead atoms. The molecular formula is C16H25N. The summed E-state index contributed by atoms with van der Waals surface area (Å²) in [5.41, 5.74) is 2.07. The molecule has 94 valence electrons. The number of nitrogens with one attached hydrogen (secondary N) is 1. The van der Waals surface area contributed by atoms with Crippen molar-refractivity contribution < 1.29 is 0 Å². The predicted octanol–water partition coefficient (Wildman–Crippen LogP) is 4.56. The molecule has 1 aliphatic rings. The third-order valence-corrected chi connectivity index (χ3v) is 5.37. The molecule has 1 aromatic rings. The van der Waals surface area contributed by atoms with Crippen molar-refractivity contribution in [3.05, 3.63) is 30.3 Å². The lowest BCUT2D eigenvalue weighted by atomic mass is 9.66. The minimum absolute atomic E-state index is 0.405. The van der Waals surface area contributed by atoms with Gasteiger partial charge in [0.1, 0.15) is 0 Å². The van der Waals surface area contributed by atoms with Gasteiger partial charge in [0.2, 0.25) is 0 Å². The molecule has 1 nitrogen and oxygen atoms in total. The minimum Gasteiger partial charge on any atom is -0.384 e. The maximum Gasteiger partial charge on any atom is 0.0340 e. The summed E-state index contributed by atoms with van der Waals surface area (Å²) in [7, 11) is 0. The number of para-hydroxylation sites is 1. The average molecular weight is 231 g/mol. The highest BCUT2D eigenvalue weighted by Gasteiger charge is 2.49. The molecule has 1 saturated carbocycles. The van der Waals surface area contributed by atoms with Crippen LogP contribution in [0.25, 0.3) is 0 Å².